The van der Waals surface area contributed by atoms with E-state index in [0.717, 1.165) is 41.1 Å². The van der Waals surface area contributed by atoms with Crippen LogP contribution in [0.5, 0.6) is 11.8 Å². The number of hydrogen-bond acceptors (Lipinski definition) is 10. The lowest BCUT2D eigenvalue weighted by Crippen LogP contribution is -2.04. The zero-order valence-electron chi connectivity index (χ0n) is 15.5. The zero-order chi connectivity index (χ0) is 23.7. The average Bonchev–Trinajstić information content (AvgIpc) is 3.00. The predicted octanol–water partition coefficient (Wildman–Crippen LogP) is 2.54. The van der Waals surface area contributed by atoms with E-state index in [1.807, 2.05) is 0 Å². The van der Waals surface area contributed by atoms with Crippen molar-refractivity contribution < 1.29 is 45.7 Å². The maximum Gasteiger partial charge on any atom is 0.512 e. The molecule has 0 unspecified atom stereocenters. The summed E-state index contributed by atoms with van der Waals surface area (Å²) in [5.74, 6) is -1.38. The van der Waals surface area contributed by atoms with Gasteiger partial charge in [0.25, 0.3) is 26.1 Å². The molecule has 0 amide bonds. The van der Waals surface area contributed by atoms with Gasteiger partial charge in [-0.25, -0.2) is 4.79 Å². The fourth-order valence-corrected chi connectivity index (χ4v) is 3.31. The monoisotopic (exact) mass is 484 g/mol. The maximum absolute atomic E-state index is 11.1. The molecule has 0 saturated heterocycles. The Kier molecular flexibility index (Phi) is 5.95. The van der Waals surface area contributed by atoms with Gasteiger partial charge in [-0.1, -0.05) is 0 Å². The number of benzene rings is 2. The average molecular weight is 484 g/mol. The molecule has 1 aromatic heterocycles. The van der Waals surface area contributed by atoms with Crippen LogP contribution in [-0.2, 0) is 20.2 Å². The number of ether oxygens (including phenoxy) is 1. The molecule has 1 heterocycles. The largest absolute Gasteiger partial charge is 0.512 e. The summed E-state index contributed by atoms with van der Waals surface area (Å²) >= 11 is 0. The molecule has 16 heteroatoms. The van der Waals surface area contributed by atoms with E-state index < -0.39 is 53.6 Å². The van der Waals surface area contributed by atoms with Gasteiger partial charge in [-0.15, -0.1) is 10.2 Å². The van der Waals surface area contributed by atoms with Gasteiger partial charge < -0.3 is 14.9 Å². The Morgan fingerprint density at radius 3 is 1.84 bits per heavy atom. The van der Waals surface area contributed by atoms with E-state index in [1.54, 1.807) is 0 Å². The van der Waals surface area contributed by atoms with Gasteiger partial charge in [0.2, 0.25) is 11.6 Å². The smallest absolute Gasteiger partial charge is 0.492 e. The number of rotatable bonds is 6. The van der Waals surface area contributed by atoms with Crippen LogP contribution in [0.4, 0.5) is 16.2 Å². The van der Waals surface area contributed by atoms with E-state index >= 15 is 0 Å². The quantitative estimate of drug-likeness (QED) is 0.226. The minimum atomic E-state index is -4.46. The van der Waals surface area contributed by atoms with Crippen LogP contribution in [0.25, 0.3) is 5.69 Å². The lowest BCUT2D eigenvalue weighted by Gasteiger charge is -2.03. The lowest BCUT2D eigenvalue weighted by atomic mass is 10.3. The molecule has 168 valence electrons. The first-order valence-corrected chi connectivity index (χ1v) is 11.0. The number of hydrogen-bond donors (Lipinski definition) is 4. The highest BCUT2D eigenvalue weighted by molar-refractivity contribution is 7.86. The van der Waals surface area contributed by atoms with E-state index in [2.05, 4.69) is 20.1 Å². The molecule has 0 radical (unpaired) electrons. The Bertz CT molecular complexity index is 1410. The molecule has 0 aliphatic heterocycles. The van der Waals surface area contributed by atoms with Crippen molar-refractivity contribution in [3.63, 3.8) is 0 Å². The molecular weight excluding hydrogens is 472 g/mol. The summed E-state index contributed by atoms with van der Waals surface area (Å²) in [4.78, 5) is 10.1. The highest BCUT2D eigenvalue weighted by Crippen LogP contribution is 2.39. The van der Waals surface area contributed by atoms with Crippen LogP contribution in [0, 0.1) is 0 Å². The number of azo groups is 1. The van der Waals surface area contributed by atoms with Gasteiger partial charge in [-0.3, -0.25) is 9.11 Å². The van der Waals surface area contributed by atoms with Gasteiger partial charge in [-0.05, 0) is 48.5 Å². The molecule has 0 spiro atoms. The van der Waals surface area contributed by atoms with Gasteiger partial charge in [0.1, 0.15) is 0 Å². The van der Waals surface area contributed by atoms with Gasteiger partial charge in [0.05, 0.1) is 21.2 Å². The van der Waals surface area contributed by atoms with E-state index in [4.69, 9.17) is 14.2 Å². The van der Waals surface area contributed by atoms with Crippen LogP contribution in [0.2, 0.25) is 0 Å². The van der Waals surface area contributed by atoms with Gasteiger partial charge >= 0.3 is 6.16 Å². The molecule has 0 aliphatic carbocycles. The Morgan fingerprint density at radius 1 is 0.875 bits per heavy atom. The van der Waals surface area contributed by atoms with Gasteiger partial charge in [0, 0.05) is 0 Å². The molecule has 2 aromatic carbocycles. The zero-order valence-corrected chi connectivity index (χ0v) is 17.1. The molecule has 4 N–H and O–H groups in total. The molecule has 0 saturated carbocycles. The summed E-state index contributed by atoms with van der Waals surface area (Å²) in [5, 5.41) is 30.5. The molecule has 0 bridgehead atoms. The lowest BCUT2D eigenvalue weighted by molar-refractivity contribution is 0.142. The third-order valence-electron chi connectivity index (χ3n) is 3.77. The second-order valence-electron chi connectivity index (χ2n) is 5.90. The van der Waals surface area contributed by atoms with Crippen molar-refractivity contribution in [3.05, 3.63) is 48.5 Å². The Hall–Kier alpha value is -3.86. The molecule has 3 rings (SSSR count). The van der Waals surface area contributed by atoms with Crippen LogP contribution in [0.3, 0.4) is 0 Å². The van der Waals surface area contributed by atoms with E-state index in [0.29, 0.717) is 0 Å². The Labute approximate surface area is 179 Å². The van der Waals surface area contributed by atoms with Crippen molar-refractivity contribution in [1.82, 2.24) is 9.78 Å². The van der Waals surface area contributed by atoms with Crippen molar-refractivity contribution in [1.29, 1.82) is 0 Å². The molecule has 3 aromatic rings. The first-order chi connectivity index (χ1) is 14.9. The molecule has 32 heavy (non-hydrogen) atoms. The summed E-state index contributed by atoms with van der Waals surface area (Å²) < 4.78 is 67.7. The third kappa shape index (κ3) is 5.06. The molecule has 0 fully saturated rings. The van der Waals surface area contributed by atoms with Crippen LogP contribution >= 0.6 is 0 Å². The maximum atomic E-state index is 11.1. The van der Waals surface area contributed by atoms with E-state index in [1.165, 1.54) is 12.1 Å². The number of nitrogens with zero attached hydrogens (tertiary/aromatic N) is 4. The molecule has 0 aliphatic rings. The summed E-state index contributed by atoms with van der Waals surface area (Å²) in [6.07, 6.45) is -1.77. The highest BCUT2D eigenvalue weighted by Gasteiger charge is 2.23. The summed E-state index contributed by atoms with van der Waals surface area (Å²) in [7, 11) is -8.88. The third-order valence-corrected chi connectivity index (χ3v) is 5.50. The number of aromatic nitrogens is 2. The number of carbonyl (C=O) groups is 1. The first kappa shape index (κ1) is 22.8. The van der Waals surface area contributed by atoms with Gasteiger partial charge in [0.15, 0.2) is 0 Å². The molecule has 14 nitrogen and oxygen atoms in total. The molecule has 0 atom stereocenters. The van der Waals surface area contributed by atoms with Crippen LogP contribution in [0.1, 0.15) is 0 Å². The first-order valence-electron chi connectivity index (χ1n) is 8.16. The van der Waals surface area contributed by atoms with Crippen LogP contribution in [0.15, 0.2) is 68.6 Å². The Balaban J connectivity index is 2.01. The van der Waals surface area contributed by atoms with Crippen LogP contribution in [-0.4, -0.2) is 52.1 Å². The minimum absolute atomic E-state index is 0.0593. The predicted molar refractivity (Wildman–Crippen MR) is 104 cm³/mol. The topological polar surface area (TPSA) is 218 Å². The fraction of sp³-hybridized carbons (Fsp3) is 0. The molecular formula is C16H12N4O10S2. The minimum Gasteiger partial charge on any atom is -0.492 e. The standard InChI is InChI=1S/C16H12N4O10S2/c21-15-13(18-17-9-1-5-11(6-2-9)31(24,25)26)14(30-16(22)23)19-20(15)10-3-7-12(8-4-10)32(27,28)29/h1-8,21H,(H,22,23)(H,24,25,26)(H,27,28,29). The van der Waals surface area contributed by atoms with Crippen molar-refractivity contribution in [2.45, 2.75) is 9.79 Å². The summed E-state index contributed by atoms with van der Waals surface area (Å²) in [5.41, 5.74) is -0.377. The van der Waals surface area contributed by atoms with Crippen molar-refractivity contribution >= 4 is 37.8 Å². The van der Waals surface area contributed by atoms with Crippen molar-refractivity contribution in [3.8, 4) is 17.4 Å². The Morgan fingerprint density at radius 2 is 1.38 bits per heavy atom. The van der Waals surface area contributed by atoms with Gasteiger partial charge in [-0.2, -0.15) is 26.6 Å². The normalized spacial score (nSPS) is 12.2. The fourth-order valence-electron chi connectivity index (χ4n) is 2.35. The number of carboxylic acid groups (broad SMARTS) is 1. The van der Waals surface area contributed by atoms with E-state index in [9.17, 15) is 26.7 Å². The SMILES string of the molecule is O=C(O)Oc1nn(-c2ccc(S(=O)(=O)O)cc2)c(O)c1N=Nc1ccc(S(=O)(=O)O)cc1. The second kappa shape index (κ2) is 8.35. The van der Waals surface area contributed by atoms with Crippen molar-refractivity contribution in [2.24, 2.45) is 10.2 Å². The number of aromatic hydroxyl groups is 1. The highest BCUT2D eigenvalue weighted by atomic mass is 32.2. The van der Waals surface area contributed by atoms with Crippen molar-refractivity contribution in [2.75, 3.05) is 0 Å². The summed E-state index contributed by atoms with van der Waals surface area (Å²) in [6, 6.07) is 8.80. The summed E-state index contributed by atoms with van der Waals surface area (Å²) in [6.45, 7) is 0. The van der Waals surface area contributed by atoms with E-state index in [-0.39, 0.29) is 11.4 Å². The van der Waals surface area contributed by atoms with Crippen LogP contribution < -0.4 is 4.74 Å². The second-order valence-corrected chi connectivity index (χ2v) is 8.74.